The van der Waals surface area contributed by atoms with Crippen LogP contribution in [0.5, 0.6) is 0 Å². The normalized spacial score (nSPS) is 11.5. The molecule has 0 aliphatic carbocycles. The fraction of sp³-hybridized carbons (Fsp3) is 0.636. The summed E-state index contributed by atoms with van der Waals surface area (Å²) in [7, 11) is 0. The average Bonchev–Trinajstić information content (AvgIpc) is 2.13. The maximum atomic E-state index is 9.58. The van der Waals surface area contributed by atoms with Gasteiger partial charge in [0.25, 0.3) is 0 Å². The molecule has 0 bridgehead atoms. The second kappa shape index (κ2) is 5.12. The van der Waals surface area contributed by atoms with E-state index in [-0.39, 0.29) is 0 Å². The van der Waals surface area contributed by atoms with Crippen LogP contribution in [-0.2, 0) is 6.42 Å². The lowest BCUT2D eigenvalue weighted by atomic mass is 10.1. The zero-order valence-corrected chi connectivity index (χ0v) is 10.1. The molecule has 0 radical (unpaired) electrons. The zero-order valence-electron chi connectivity index (χ0n) is 10.1. The molecule has 90 valence electrons. The summed E-state index contributed by atoms with van der Waals surface area (Å²) in [5, 5.41) is 12.6. The molecule has 1 rings (SSSR count). The Kier molecular flexibility index (Phi) is 4.06. The van der Waals surface area contributed by atoms with Gasteiger partial charge in [-0.25, -0.2) is 9.97 Å². The van der Waals surface area contributed by atoms with Crippen LogP contribution in [0.25, 0.3) is 0 Å². The van der Waals surface area contributed by atoms with E-state index in [0.717, 1.165) is 18.7 Å². The van der Waals surface area contributed by atoms with Crippen molar-refractivity contribution in [1.29, 1.82) is 0 Å². The minimum atomic E-state index is -0.773. The van der Waals surface area contributed by atoms with E-state index in [1.54, 1.807) is 19.9 Å². The number of hydrogen-bond acceptors (Lipinski definition) is 5. The first-order chi connectivity index (χ1) is 7.40. The summed E-state index contributed by atoms with van der Waals surface area (Å²) in [6.45, 7) is 5.96. The molecule has 0 saturated carbocycles. The smallest absolute Gasteiger partial charge is 0.133 e. The Labute approximate surface area is 96.1 Å². The van der Waals surface area contributed by atoms with E-state index in [1.165, 1.54) is 0 Å². The predicted molar refractivity (Wildman–Crippen MR) is 65.2 cm³/mol. The second-order valence-electron chi connectivity index (χ2n) is 4.51. The van der Waals surface area contributed by atoms with Gasteiger partial charge in [-0.1, -0.05) is 6.92 Å². The van der Waals surface area contributed by atoms with Crippen LogP contribution in [0.3, 0.4) is 0 Å². The third kappa shape index (κ3) is 4.44. The van der Waals surface area contributed by atoms with E-state index in [2.05, 4.69) is 22.2 Å². The fourth-order valence-corrected chi connectivity index (χ4v) is 1.25. The maximum absolute atomic E-state index is 9.58. The molecule has 1 aromatic rings. The van der Waals surface area contributed by atoms with Gasteiger partial charge in [0.1, 0.15) is 17.5 Å². The molecule has 0 aliphatic heterocycles. The van der Waals surface area contributed by atoms with Crippen LogP contribution < -0.4 is 11.1 Å². The van der Waals surface area contributed by atoms with Crippen LogP contribution in [0, 0.1) is 0 Å². The van der Waals surface area contributed by atoms with Crippen molar-refractivity contribution in [1.82, 2.24) is 9.97 Å². The summed E-state index contributed by atoms with van der Waals surface area (Å²) in [5.74, 6) is 1.86. The van der Waals surface area contributed by atoms with Crippen molar-refractivity contribution >= 4 is 11.6 Å². The highest BCUT2D eigenvalue weighted by atomic mass is 16.3. The molecule has 5 heteroatoms. The average molecular weight is 224 g/mol. The monoisotopic (exact) mass is 224 g/mol. The van der Waals surface area contributed by atoms with Gasteiger partial charge in [0.05, 0.1) is 5.60 Å². The van der Waals surface area contributed by atoms with Crippen LogP contribution >= 0.6 is 0 Å². The summed E-state index contributed by atoms with van der Waals surface area (Å²) >= 11 is 0. The number of nitrogens with one attached hydrogen (secondary N) is 1. The van der Waals surface area contributed by atoms with Crippen molar-refractivity contribution in [2.45, 2.75) is 39.2 Å². The molecule has 4 N–H and O–H groups in total. The molecule has 0 spiro atoms. The van der Waals surface area contributed by atoms with Crippen LogP contribution in [0.2, 0.25) is 0 Å². The Morgan fingerprint density at radius 2 is 2.12 bits per heavy atom. The van der Waals surface area contributed by atoms with E-state index in [9.17, 15) is 5.11 Å². The number of nitrogen functional groups attached to an aromatic ring is 1. The van der Waals surface area contributed by atoms with Gasteiger partial charge in [-0.2, -0.15) is 0 Å². The third-order valence-corrected chi connectivity index (χ3v) is 1.97. The van der Waals surface area contributed by atoms with E-state index in [4.69, 9.17) is 5.73 Å². The van der Waals surface area contributed by atoms with Gasteiger partial charge in [0, 0.05) is 19.0 Å². The Hall–Kier alpha value is -1.36. The molecule has 1 aromatic heterocycles. The molecule has 0 atom stereocenters. The number of nitrogens with zero attached hydrogens (tertiary/aromatic N) is 2. The van der Waals surface area contributed by atoms with E-state index < -0.39 is 5.60 Å². The molecule has 0 amide bonds. The lowest BCUT2D eigenvalue weighted by Gasteiger charge is -2.18. The SMILES string of the molecule is CCCc1nc(N)cc(NCC(C)(C)O)n1. The number of aromatic nitrogens is 2. The molecule has 0 aliphatic rings. The molecule has 1 heterocycles. The van der Waals surface area contributed by atoms with Crippen LogP contribution in [0.15, 0.2) is 6.07 Å². The van der Waals surface area contributed by atoms with E-state index >= 15 is 0 Å². The number of anilines is 2. The molecule has 0 unspecified atom stereocenters. The Balaban J connectivity index is 2.72. The number of rotatable bonds is 5. The lowest BCUT2D eigenvalue weighted by Crippen LogP contribution is -2.29. The summed E-state index contributed by atoms with van der Waals surface area (Å²) < 4.78 is 0. The highest BCUT2D eigenvalue weighted by Gasteiger charge is 2.12. The van der Waals surface area contributed by atoms with Crippen LogP contribution in [0.1, 0.15) is 33.0 Å². The Morgan fingerprint density at radius 1 is 1.44 bits per heavy atom. The number of nitrogens with two attached hydrogens (primary N) is 1. The molecule has 0 fully saturated rings. The lowest BCUT2D eigenvalue weighted by molar-refractivity contribution is 0.0944. The zero-order chi connectivity index (χ0) is 12.2. The Morgan fingerprint density at radius 3 is 2.69 bits per heavy atom. The highest BCUT2D eigenvalue weighted by Crippen LogP contribution is 2.11. The first-order valence-electron chi connectivity index (χ1n) is 5.50. The van der Waals surface area contributed by atoms with Crippen molar-refractivity contribution in [3.63, 3.8) is 0 Å². The predicted octanol–water partition coefficient (Wildman–Crippen LogP) is 1.19. The number of aryl methyl sites for hydroxylation is 1. The van der Waals surface area contributed by atoms with Gasteiger partial charge in [0.2, 0.25) is 0 Å². The van der Waals surface area contributed by atoms with Crippen molar-refractivity contribution in [2.75, 3.05) is 17.6 Å². The Bertz CT molecular complexity index is 346. The number of hydrogen-bond donors (Lipinski definition) is 3. The van der Waals surface area contributed by atoms with Crippen molar-refractivity contribution in [3.05, 3.63) is 11.9 Å². The summed E-state index contributed by atoms with van der Waals surface area (Å²) in [6.07, 6.45) is 1.79. The van der Waals surface area contributed by atoms with E-state index in [0.29, 0.717) is 18.2 Å². The molecular formula is C11H20N4O. The topological polar surface area (TPSA) is 84.1 Å². The third-order valence-electron chi connectivity index (χ3n) is 1.97. The van der Waals surface area contributed by atoms with Gasteiger partial charge in [-0.05, 0) is 20.3 Å². The van der Waals surface area contributed by atoms with Crippen molar-refractivity contribution in [2.24, 2.45) is 0 Å². The largest absolute Gasteiger partial charge is 0.389 e. The first kappa shape index (κ1) is 12.7. The minimum Gasteiger partial charge on any atom is -0.389 e. The summed E-state index contributed by atoms with van der Waals surface area (Å²) in [4.78, 5) is 8.45. The van der Waals surface area contributed by atoms with Crippen molar-refractivity contribution < 1.29 is 5.11 Å². The number of aliphatic hydroxyl groups is 1. The standard InChI is InChI=1S/C11H20N4O/c1-4-5-9-14-8(12)6-10(15-9)13-7-11(2,3)16/h6,16H,4-5,7H2,1-3H3,(H3,12,13,14,15). The van der Waals surface area contributed by atoms with Gasteiger partial charge < -0.3 is 16.2 Å². The van der Waals surface area contributed by atoms with Crippen LogP contribution in [0.4, 0.5) is 11.6 Å². The second-order valence-corrected chi connectivity index (χ2v) is 4.51. The molecular weight excluding hydrogens is 204 g/mol. The van der Waals surface area contributed by atoms with Gasteiger partial charge in [-0.3, -0.25) is 0 Å². The quantitative estimate of drug-likeness (QED) is 0.699. The van der Waals surface area contributed by atoms with Crippen molar-refractivity contribution in [3.8, 4) is 0 Å². The first-order valence-corrected chi connectivity index (χ1v) is 5.50. The molecule has 16 heavy (non-hydrogen) atoms. The van der Waals surface area contributed by atoms with Gasteiger partial charge in [-0.15, -0.1) is 0 Å². The minimum absolute atomic E-state index is 0.426. The summed E-state index contributed by atoms with van der Waals surface area (Å²) in [5.41, 5.74) is 4.90. The van der Waals surface area contributed by atoms with E-state index in [1.807, 2.05) is 0 Å². The highest BCUT2D eigenvalue weighted by molar-refractivity contribution is 5.44. The molecule has 5 nitrogen and oxygen atoms in total. The fourth-order valence-electron chi connectivity index (χ4n) is 1.25. The molecule has 0 aromatic carbocycles. The van der Waals surface area contributed by atoms with Gasteiger partial charge >= 0.3 is 0 Å². The van der Waals surface area contributed by atoms with Crippen LogP contribution in [-0.4, -0.2) is 27.2 Å². The van der Waals surface area contributed by atoms with Gasteiger partial charge in [0.15, 0.2) is 0 Å². The maximum Gasteiger partial charge on any atom is 0.133 e. The summed E-state index contributed by atoms with van der Waals surface area (Å²) in [6, 6.07) is 1.67. The molecule has 0 saturated heterocycles.